The summed E-state index contributed by atoms with van der Waals surface area (Å²) in [5.74, 6) is 0.537. The molecule has 5 heteroatoms. The Labute approximate surface area is 137 Å². The van der Waals surface area contributed by atoms with E-state index in [2.05, 4.69) is 4.98 Å². The van der Waals surface area contributed by atoms with Gasteiger partial charge in [0.2, 0.25) is 5.91 Å². The van der Waals surface area contributed by atoms with Crippen LogP contribution in [-0.2, 0) is 4.79 Å². The lowest BCUT2D eigenvalue weighted by Gasteiger charge is -2.28. The Bertz CT molecular complexity index is 540. The van der Waals surface area contributed by atoms with E-state index in [0.717, 1.165) is 25.8 Å². The molecule has 1 saturated heterocycles. The first kappa shape index (κ1) is 16.0. The van der Waals surface area contributed by atoms with Gasteiger partial charge in [-0.25, -0.2) is 0 Å². The molecule has 5 nitrogen and oxygen atoms in total. The van der Waals surface area contributed by atoms with Crippen LogP contribution in [0.5, 0.6) is 0 Å². The second-order valence-corrected chi connectivity index (χ2v) is 6.55. The van der Waals surface area contributed by atoms with E-state index in [1.54, 1.807) is 24.5 Å². The van der Waals surface area contributed by atoms with E-state index in [4.69, 9.17) is 0 Å². The highest BCUT2D eigenvalue weighted by atomic mass is 16.2. The normalized spacial score (nSPS) is 20.2. The van der Waals surface area contributed by atoms with Crippen molar-refractivity contribution in [2.45, 2.75) is 38.5 Å². The minimum absolute atomic E-state index is 0.0186. The topological polar surface area (TPSA) is 53.5 Å². The lowest BCUT2D eigenvalue weighted by molar-refractivity contribution is -0.136. The highest BCUT2D eigenvalue weighted by molar-refractivity contribution is 5.94. The van der Waals surface area contributed by atoms with E-state index in [-0.39, 0.29) is 11.8 Å². The summed E-state index contributed by atoms with van der Waals surface area (Å²) in [6, 6.07) is 3.58. The third-order valence-corrected chi connectivity index (χ3v) is 4.96. The highest BCUT2D eigenvalue weighted by Crippen LogP contribution is 2.25. The average molecular weight is 315 g/mol. The molecule has 23 heavy (non-hydrogen) atoms. The maximum absolute atomic E-state index is 12.7. The molecule has 2 aliphatic rings. The molecule has 1 aliphatic carbocycles. The summed E-state index contributed by atoms with van der Waals surface area (Å²) in [6.45, 7) is 2.75. The van der Waals surface area contributed by atoms with Crippen LogP contribution in [0, 0.1) is 5.92 Å². The van der Waals surface area contributed by atoms with Gasteiger partial charge in [-0.2, -0.15) is 0 Å². The second-order valence-electron chi connectivity index (χ2n) is 6.55. The quantitative estimate of drug-likeness (QED) is 0.842. The van der Waals surface area contributed by atoms with Crippen molar-refractivity contribution < 1.29 is 9.59 Å². The van der Waals surface area contributed by atoms with Crippen LogP contribution in [-0.4, -0.2) is 52.8 Å². The number of pyridine rings is 1. The van der Waals surface area contributed by atoms with Gasteiger partial charge < -0.3 is 9.80 Å². The number of rotatable bonds is 2. The molecule has 0 unspecified atom stereocenters. The fraction of sp³-hybridized carbons (Fsp3) is 0.611. The van der Waals surface area contributed by atoms with E-state index < -0.39 is 0 Å². The lowest BCUT2D eigenvalue weighted by Crippen LogP contribution is -2.40. The number of aromatic nitrogens is 1. The van der Waals surface area contributed by atoms with Crippen LogP contribution in [0.4, 0.5) is 0 Å². The summed E-state index contributed by atoms with van der Waals surface area (Å²) in [7, 11) is 0. The van der Waals surface area contributed by atoms with E-state index in [9.17, 15) is 9.59 Å². The molecule has 124 valence electrons. The molecular weight excluding hydrogens is 290 g/mol. The molecule has 1 aromatic heterocycles. The molecule has 2 heterocycles. The number of hydrogen-bond donors (Lipinski definition) is 0. The molecule has 0 spiro atoms. The summed E-state index contributed by atoms with van der Waals surface area (Å²) < 4.78 is 0. The zero-order chi connectivity index (χ0) is 16.1. The Kier molecular flexibility index (Phi) is 5.26. The Morgan fingerprint density at radius 1 is 0.957 bits per heavy atom. The molecule has 0 N–H and O–H groups in total. The molecule has 1 saturated carbocycles. The van der Waals surface area contributed by atoms with Crippen molar-refractivity contribution in [1.82, 2.24) is 14.8 Å². The van der Waals surface area contributed by atoms with E-state index in [1.165, 1.54) is 19.3 Å². The summed E-state index contributed by atoms with van der Waals surface area (Å²) in [4.78, 5) is 33.0. The summed E-state index contributed by atoms with van der Waals surface area (Å²) in [5.41, 5.74) is 0.625. The number of amides is 2. The van der Waals surface area contributed by atoms with Gasteiger partial charge in [-0.15, -0.1) is 0 Å². The van der Waals surface area contributed by atoms with Crippen LogP contribution in [0.3, 0.4) is 0 Å². The van der Waals surface area contributed by atoms with Crippen LogP contribution in [0.25, 0.3) is 0 Å². The van der Waals surface area contributed by atoms with Crippen molar-refractivity contribution in [2.75, 3.05) is 26.2 Å². The largest absolute Gasteiger partial charge is 0.341 e. The molecule has 1 aromatic rings. The van der Waals surface area contributed by atoms with Crippen molar-refractivity contribution >= 4 is 11.8 Å². The number of hydrogen-bond acceptors (Lipinski definition) is 3. The summed E-state index contributed by atoms with van der Waals surface area (Å²) in [5, 5.41) is 0. The number of carbonyl (C=O) groups is 2. The molecule has 0 bridgehead atoms. The first-order chi connectivity index (χ1) is 11.3. The standard InChI is InChI=1S/C18H25N3O2/c22-17(15-6-2-1-3-7-15)20-10-5-11-21(13-12-20)18(23)16-8-4-9-19-14-16/h4,8-9,14-15H,1-3,5-7,10-13H2. The zero-order valence-electron chi connectivity index (χ0n) is 13.6. The van der Waals surface area contributed by atoms with Crippen LogP contribution in [0.1, 0.15) is 48.9 Å². The fourth-order valence-corrected chi connectivity index (χ4v) is 3.62. The number of nitrogens with zero attached hydrogens (tertiary/aromatic N) is 3. The second kappa shape index (κ2) is 7.57. The maximum Gasteiger partial charge on any atom is 0.255 e. The Morgan fingerprint density at radius 3 is 2.43 bits per heavy atom. The van der Waals surface area contributed by atoms with Crippen LogP contribution < -0.4 is 0 Å². The minimum Gasteiger partial charge on any atom is -0.341 e. The van der Waals surface area contributed by atoms with Gasteiger partial charge in [0.1, 0.15) is 0 Å². The summed E-state index contributed by atoms with van der Waals surface area (Å²) in [6.07, 6.45) is 9.82. The predicted octanol–water partition coefficient (Wildman–Crippen LogP) is 2.34. The van der Waals surface area contributed by atoms with Gasteiger partial charge in [0.05, 0.1) is 5.56 Å². The smallest absolute Gasteiger partial charge is 0.255 e. The number of carbonyl (C=O) groups excluding carboxylic acids is 2. The summed E-state index contributed by atoms with van der Waals surface area (Å²) >= 11 is 0. The van der Waals surface area contributed by atoms with Crippen molar-refractivity contribution in [3.63, 3.8) is 0 Å². The molecule has 2 amide bonds. The van der Waals surface area contributed by atoms with Crippen molar-refractivity contribution in [3.8, 4) is 0 Å². The van der Waals surface area contributed by atoms with Crippen molar-refractivity contribution in [1.29, 1.82) is 0 Å². The monoisotopic (exact) mass is 315 g/mol. The molecule has 1 aliphatic heterocycles. The van der Waals surface area contributed by atoms with Gasteiger partial charge in [-0.3, -0.25) is 14.6 Å². The Hall–Kier alpha value is -1.91. The average Bonchev–Trinajstić information content (AvgIpc) is 2.88. The van der Waals surface area contributed by atoms with Crippen LogP contribution in [0.15, 0.2) is 24.5 Å². The molecule has 0 radical (unpaired) electrons. The lowest BCUT2D eigenvalue weighted by atomic mass is 9.88. The Balaban J connectivity index is 1.58. The molecule has 0 atom stereocenters. The third kappa shape index (κ3) is 3.89. The first-order valence-corrected chi connectivity index (χ1v) is 8.74. The van der Waals surface area contributed by atoms with E-state index in [0.29, 0.717) is 31.1 Å². The van der Waals surface area contributed by atoms with Crippen LogP contribution in [0.2, 0.25) is 0 Å². The van der Waals surface area contributed by atoms with Gasteiger partial charge in [0.25, 0.3) is 5.91 Å². The van der Waals surface area contributed by atoms with Crippen molar-refractivity contribution in [3.05, 3.63) is 30.1 Å². The molecule has 0 aromatic carbocycles. The van der Waals surface area contributed by atoms with Crippen molar-refractivity contribution in [2.24, 2.45) is 5.92 Å². The molecule has 3 rings (SSSR count). The predicted molar refractivity (Wildman–Crippen MR) is 87.9 cm³/mol. The third-order valence-electron chi connectivity index (χ3n) is 4.96. The van der Waals surface area contributed by atoms with E-state index in [1.807, 2.05) is 9.80 Å². The van der Waals surface area contributed by atoms with Gasteiger partial charge in [-0.1, -0.05) is 19.3 Å². The zero-order valence-corrected chi connectivity index (χ0v) is 13.6. The fourth-order valence-electron chi connectivity index (χ4n) is 3.62. The van der Waals surface area contributed by atoms with Gasteiger partial charge in [0.15, 0.2) is 0 Å². The first-order valence-electron chi connectivity index (χ1n) is 8.74. The molecular formula is C18H25N3O2. The maximum atomic E-state index is 12.7. The van der Waals surface area contributed by atoms with Gasteiger partial charge in [0, 0.05) is 44.5 Å². The van der Waals surface area contributed by atoms with E-state index >= 15 is 0 Å². The van der Waals surface area contributed by atoms with Gasteiger partial charge in [-0.05, 0) is 31.4 Å². The van der Waals surface area contributed by atoms with Crippen LogP contribution >= 0.6 is 0 Å². The Morgan fingerprint density at radius 2 is 1.70 bits per heavy atom. The molecule has 2 fully saturated rings. The highest BCUT2D eigenvalue weighted by Gasteiger charge is 2.28. The minimum atomic E-state index is 0.0186. The van der Waals surface area contributed by atoms with Gasteiger partial charge >= 0.3 is 0 Å². The SMILES string of the molecule is O=C(c1cccnc1)N1CCCN(C(=O)C2CCCCC2)CC1.